The van der Waals surface area contributed by atoms with E-state index < -0.39 is 23.7 Å². The van der Waals surface area contributed by atoms with Gasteiger partial charge in [0.25, 0.3) is 5.91 Å². The van der Waals surface area contributed by atoms with Crippen molar-refractivity contribution in [2.45, 2.75) is 32.5 Å². The van der Waals surface area contributed by atoms with Gasteiger partial charge >= 0.3 is 12.3 Å². The van der Waals surface area contributed by atoms with Crippen LogP contribution in [0.3, 0.4) is 0 Å². The van der Waals surface area contributed by atoms with Crippen LogP contribution in [0.1, 0.15) is 41.3 Å². The van der Waals surface area contributed by atoms with Crippen LogP contribution in [0, 0.1) is 5.92 Å². The minimum atomic E-state index is -4.43. The number of carbonyl (C=O) groups is 2. The van der Waals surface area contributed by atoms with E-state index in [0.717, 1.165) is 36.2 Å². The van der Waals surface area contributed by atoms with Gasteiger partial charge in [-0.3, -0.25) is 4.79 Å². The number of hydrogen-bond acceptors (Lipinski definition) is 3. The zero-order valence-electron chi connectivity index (χ0n) is 16.7. The van der Waals surface area contributed by atoms with E-state index in [1.165, 1.54) is 0 Å². The Labute approximate surface area is 173 Å². The predicted octanol–water partition coefficient (Wildman–Crippen LogP) is 4.78. The normalized spacial score (nSPS) is 12.1. The fourth-order valence-electron chi connectivity index (χ4n) is 2.70. The summed E-state index contributed by atoms with van der Waals surface area (Å²) in [4.78, 5) is 23.7. The van der Waals surface area contributed by atoms with Crippen LogP contribution in [0.15, 0.2) is 54.6 Å². The average Bonchev–Trinajstić information content (AvgIpc) is 2.73. The summed E-state index contributed by atoms with van der Waals surface area (Å²) in [5.74, 6) is -0.274. The summed E-state index contributed by atoms with van der Waals surface area (Å²) in [6.45, 7) is 2.99. The molecule has 0 bridgehead atoms. The van der Waals surface area contributed by atoms with Crippen molar-refractivity contribution in [2.24, 2.45) is 5.92 Å². The first-order valence-electron chi connectivity index (χ1n) is 9.65. The van der Waals surface area contributed by atoms with E-state index in [4.69, 9.17) is 4.74 Å². The highest BCUT2D eigenvalue weighted by Gasteiger charge is 2.30. The van der Waals surface area contributed by atoms with Crippen LogP contribution in [0.2, 0.25) is 0 Å². The van der Waals surface area contributed by atoms with E-state index in [9.17, 15) is 22.8 Å². The SMILES string of the molecule is C[C@@H](CCCNC(=O)OCc1ccccc1)CNC(=O)c1ccc(C(F)(F)F)cc1. The molecular weight excluding hydrogens is 397 g/mol. The molecule has 0 saturated carbocycles. The average molecular weight is 422 g/mol. The third kappa shape index (κ3) is 8.14. The number of alkyl carbamates (subject to hydrolysis) is 1. The number of halogens is 3. The fourth-order valence-corrected chi connectivity index (χ4v) is 2.70. The molecule has 0 aliphatic heterocycles. The van der Waals surface area contributed by atoms with Crippen LogP contribution in [-0.2, 0) is 17.5 Å². The second-order valence-corrected chi connectivity index (χ2v) is 7.02. The van der Waals surface area contributed by atoms with Crippen molar-refractivity contribution < 1.29 is 27.5 Å². The Morgan fingerprint density at radius 2 is 1.67 bits per heavy atom. The molecule has 0 aromatic heterocycles. The molecule has 2 aromatic rings. The summed E-state index contributed by atoms with van der Waals surface area (Å²) in [5, 5.41) is 5.39. The Bertz CT molecular complexity index is 809. The van der Waals surface area contributed by atoms with Gasteiger partial charge in [0.1, 0.15) is 6.61 Å². The molecule has 2 aromatic carbocycles. The molecule has 2 amide bonds. The number of rotatable bonds is 9. The van der Waals surface area contributed by atoms with Gasteiger partial charge in [-0.25, -0.2) is 4.79 Å². The largest absolute Gasteiger partial charge is 0.445 e. The molecule has 0 heterocycles. The molecule has 8 heteroatoms. The third-order valence-corrected chi connectivity index (χ3v) is 4.44. The Morgan fingerprint density at radius 1 is 1.00 bits per heavy atom. The maximum absolute atomic E-state index is 12.6. The first-order valence-corrected chi connectivity index (χ1v) is 9.65. The number of nitrogens with one attached hydrogen (secondary N) is 2. The van der Waals surface area contributed by atoms with Crippen molar-refractivity contribution >= 4 is 12.0 Å². The summed E-state index contributed by atoms with van der Waals surface area (Å²) >= 11 is 0. The van der Waals surface area contributed by atoms with Gasteiger partial charge in [0.15, 0.2) is 0 Å². The highest BCUT2D eigenvalue weighted by atomic mass is 19.4. The summed E-state index contributed by atoms with van der Waals surface area (Å²) in [7, 11) is 0. The Morgan fingerprint density at radius 3 is 2.30 bits per heavy atom. The van der Waals surface area contributed by atoms with Crippen molar-refractivity contribution in [3.63, 3.8) is 0 Å². The van der Waals surface area contributed by atoms with Crippen molar-refractivity contribution in [1.29, 1.82) is 0 Å². The first-order chi connectivity index (χ1) is 14.3. The smallest absolute Gasteiger partial charge is 0.416 e. The van der Waals surface area contributed by atoms with Crippen molar-refractivity contribution in [2.75, 3.05) is 13.1 Å². The third-order valence-electron chi connectivity index (χ3n) is 4.44. The molecule has 2 N–H and O–H groups in total. The molecule has 162 valence electrons. The maximum atomic E-state index is 12.6. The number of benzene rings is 2. The standard InChI is InChI=1S/C22H25F3N2O3/c1-16(6-5-13-26-21(29)30-15-17-7-3-2-4-8-17)14-27-20(28)18-9-11-19(12-10-18)22(23,24)25/h2-4,7-12,16H,5-6,13-15H2,1H3,(H,26,29)(H,27,28)/t16-/m0/s1. The topological polar surface area (TPSA) is 67.4 Å². The molecule has 0 spiro atoms. The Balaban J connectivity index is 1.60. The molecule has 5 nitrogen and oxygen atoms in total. The second kappa shape index (κ2) is 11.2. The van der Waals surface area contributed by atoms with E-state index in [1.807, 2.05) is 37.3 Å². The molecule has 0 aliphatic carbocycles. The lowest BCUT2D eigenvalue weighted by Crippen LogP contribution is -2.29. The molecule has 30 heavy (non-hydrogen) atoms. The molecular formula is C22H25F3N2O3. The van der Waals surface area contributed by atoms with Crippen LogP contribution in [0.5, 0.6) is 0 Å². The molecule has 1 atom stereocenters. The Hall–Kier alpha value is -3.03. The van der Waals surface area contributed by atoms with Crippen LogP contribution in [-0.4, -0.2) is 25.1 Å². The number of hydrogen-bond donors (Lipinski definition) is 2. The van der Waals surface area contributed by atoms with E-state index in [1.54, 1.807) is 0 Å². The van der Waals surface area contributed by atoms with Gasteiger partial charge < -0.3 is 15.4 Å². The second-order valence-electron chi connectivity index (χ2n) is 7.02. The molecule has 0 saturated heterocycles. The van der Waals surface area contributed by atoms with Crippen LogP contribution in [0.4, 0.5) is 18.0 Å². The lowest BCUT2D eigenvalue weighted by atomic mass is 10.1. The Kier molecular flexibility index (Phi) is 8.70. The highest BCUT2D eigenvalue weighted by molar-refractivity contribution is 5.94. The van der Waals surface area contributed by atoms with Crippen LogP contribution in [0.25, 0.3) is 0 Å². The summed E-state index contributed by atoms with van der Waals surface area (Å²) in [6, 6.07) is 13.5. The molecule has 0 fully saturated rings. The van der Waals surface area contributed by atoms with E-state index >= 15 is 0 Å². The lowest BCUT2D eigenvalue weighted by Gasteiger charge is -2.13. The minimum absolute atomic E-state index is 0.144. The van der Waals surface area contributed by atoms with Gasteiger partial charge in [0, 0.05) is 18.7 Å². The van der Waals surface area contributed by atoms with Gasteiger partial charge in [0.05, 0.1) is 5.56 Å². The van der Waals surface area contributed by atoms with E-state index in [2.05, 4.69) is 10.6 Å². The molecule has 0 aliphatic rings. The number of amides is 2. The highest BCUT2D eigenvalue weighted by Crippen LogP contribution is 2.29. The van der Waals surface area contributed by atoms with E-state index in [0.29, 0.717) is 19.5 Å². The molecule has 2 rings (SSSR count). The maximum Gasteiger partial charge on any atom is 0.416 e. The van der Waals surface area contributed by atoms with Crippen LogP contribution < -0.4 is 10.6 Å². The fraction of sp³-hybridized carbons (Fsp3) is 0.364. The molecule has 0 unspecified atom stereocenters. The minimum Gasteiger partial charge on any atom is -0.445 e. The summed E-state index contributed by atoms with van der Waals surface area (Å²) in [6.07, 6.45) is -3.45. The first kappa shape index (κ1) is 23.3. The number of alkyl halides is 3. The van der Waals surface area contributed by atoms with Gasteiger partial charge in [-0.15, -0.1) is 0 Å². The monoisotopic (exact) mass is 422 g/mol. The van der Waals surface area contributed by atoms with Gasteiger partial charge in [-0.05, 0) is 48.6 Å². The van der Waals surface area contributed by atoms with Crippen LogP contribution >= 0.6 is 0 Å². The quantitative estimate of drug-likeness (QED) is 0.572. The van der Waals surface area contributed by atoms with E-state index in [-0.39, 0.29) is 18.1 Å². The van der Waals surface area contributed by atoms with Gasteiger partial charge in [-0.1, -0.05) is 37.3 Å². The zero-order chi connectivity index (χ0) is 22.0. The van der Waals surface area contributed by atoms with Gasteiger partial charge in [-0.2, -0.15) is 13.2 Å². The zero-order valence-corrected chi connectivity index (χ0v) is 16.7. The predicted molar refractivity (Wildman–Crippen MR) is 107 cm³/mol. The summed E-state index contributed by atoms with van der Waals surface area (Å²) in [5.41, 5.74) is 0.297. The molecule has 0 radical (unpaired) electrons. The van der Waals surface area contributed by atoms with Crippen molar-refractivity contribution in [3.8, 4) is 0 Å². The number of carbonyl (C=O) groups excluding carboxylic acids is 2. The van der Waals surface area contributed by atoms with Gasteiger partial charge in [0.2, 0.25) is 0 Å². The van der Waals surface area contributed by atoms with Crippen molar-refractivity contribution in [1.82, 2.24) is 10.6 Å². The lowest BCUT2D eigenvalue weighted by molar-refractivity contribution is -0.137. The number of ether oxygens (including phenoxy) is 1. The van der Waals surface area contributed by atoms with Crippen molar-refractivity contribution in [3.05, 3.63) is 71.3 Å². The summed E-state index contributed by atoms with van der Waals surface area (Å²) < 4.78 is 42.8.